The van der Waals surface area contributed by atoms with Crippen molar-refractivity contribution in [3.63, 3.8) is 0 Å². The van der Waals surface area contributed by atoms with Crippen LogP contribution in [0.1, 0.15) is 31.9 Å². The Kier molecular flexibility index (Phi) is 6.03. The van der Waals surface area contributed by atoms with Crippen molar-refractivity contribution in [1.82, 2.24) is 5.32 Å². The molecule has 0 saturated carbocycles. The Balaban J connectivity index is 2.06. The van der Waals surface area contributed by atoms with Crippen molar-refractivity contribution in [2.24, 2.45) is 5.92 Å². The third kappa shape index (κ3) is 5.33. The smallest absolute Gasteiger partial charge is 0.319 e. The van der Waals surface area contributed by atoms with Gasteiger partial charge in [-0.2, -0.15) is 0 Å². The highest BCUT2D eigenvalue weighted by molar-refractivity contribution is 5.89. The van der Waals surface area contributed by atoms with Gasteiger partial charge >= 0.3 is 6.03 Å². The number of methoxy groups -OCH3 is 1. The number of urea groups is 1. The third-order valence-corrected chi connectivity index (χ3v) is 3.56. The summed E-state index contributed by atoms with van der Waals surface area (Å²) in [7, 11) is 1.65. The summed E-state index contributed by atoms with van der Waals surface area (Å²) in [4.78, 5) is 12.3. The fraction of sp³-hybridized carbons (Fsp3) is 0.316. The van der Waals surface area contributed by atoms with E-state index in [-0.39, 0.29) is 12.1 Å². The van der Waals surface area contributed by atoms with Gasteiger partial charge in [0.15, 0.2) is 0 Å². The molecule has 2 amide bonds. The number of hydrogen-bond donors (Lipinski definition) is 2. The largest absolute Gasteiger partial charge is 0.497 e. The van der Waals surface area contributed by atoms with Gasteiger partial charge in [0.05, 0.1) is 13.2 Å². The lowest BCUT2D eigenvalue weighted by molar-refractivity contribution is 0.246. The number of hydrogen-bond acceptors (Lipinski definition) is 2. The first-order valence-electron chi connectivity index (χ1n) is 7.85. The predicted molar refractivity (Wildman–Crippen MR) is 93.8 cm³/mol. The lowest BCUT2D eigenvalue weighted by Gasteiger charge is -2.21. The summed E-state index contributed by atoms with van der Waals surface area (Å²) in [5.41, 5.74) is 1.85. The first-order valence-corrected chi connectivity index (χ1v) is 7.85. The monoisotopic (exact) mass is 312 g/mol. The summed E-state index contributed by atoms with van der Waals surface area (Å²) in [6.07, 6.45) is 0.870. The molecule has 122 valence electrons. The Labute approximate surface area is 137 Å². The zero-order valence-corrected chi connectivity index (χ0v) is 13.9. The molecule has 0 spiro atoms. The van der Waals surface area contributed by atoms with Crippen LogP contribution in [0.15, 0.2) is 54.6 Å². The van der Waals surface area contributed by atoms with Crippen LogP contribution in [0, 0.1) is 5.92 Å². The van der Waals surface area contributed by atoms with Gasteiger partial charge in [0.1, 0.15) is 5.75 Å². The molecule has 4 nitrogen and oxygen atoms in total. The Morgan fingerprint density at radius 2 is 1.70 bits per heavy atom. The lowest BCUT2D eigenvalue weighted by atomic mass is 9.97. The summed E-state index contributed by atoms with van der Waals surface area (Å²) < 4.78 is 5.19. The molecule has 1 atom stereocenters. The summed E-state index contributed by atoms with van der Waals surface area (Å²) in [6, 6.07) is 17.0. The van der Waals surface area contributed by atoms with Crippen molar-refractivity contribution in [3.8, 4) is 5.75 Å². The van der Waals surface area contributed by atoms with Gasteiger partial charge in [-0.1, -0.05) is 44.2 Å². The number of carbonyl (C=O) groups is 1. The SMILES string of the molecule is COc1ccc([C@H](CC(C)C)NC(=O)Nc2ccccc2)cc1. The topological polar surface area (TPSA) is 50.4 Å². The molecule has 0 aliphatic rings. The molecule has 0 aliphatic carbocycles. The number of ether oxygens (including phenoxy) is 1. The molecule has 0 aliphatic heterocycles. The van der Waals surface area contributed by atoms with Crippen LogP contribution < -0.4 is 15.4 Å². The number of anilines is 1. The second-order valence-electron chi connectivity index (χ2n) is 5.92. The number of amides is 2. The van der Waals surface area contributed by atoms with E-state index < -0.39 is 0 Å². The van der Waals surface area contributed by atoms with Crippen molar-refractivity contribution in [1.29, 1.82) is 0 Å². The van der Waals surface area contributed by atoms with E-state index in [1.807, 2.05) is 54.6 Å². The number of nitrogens with one attached hydrogen (secondary N) is 2. The maximum atomic E-state index is 12.3. The van der Waals surface area contributed by atoms with E-state index in [1.54, 1.807) is 7.11 Å². The van der Waals surface area contributed by atoms with E-state index in [1.165, 1.54) is 0 Å². The molecule has 0 bridgehead atoms. The molecule has 0 radical (unpaired) electrons. The molecule has 0 aromatic heterocycles. The minimum Gasteiger partial charge on any atom is -0.497 e. The molecule has 2 aromatic rings. The molecule has 23 heavy (non-hydrogen) atoms. The van der Waals surface area contributed by atoms with Gasteiger partial charge in [-0.15, -0.1) is 0 Å². The first-order chi connectivity index (χ1) is 11.1. The van der Waals surface area contributed by atoms with Gasteiger partial charge in [0.2, 0.25) is 0 Å². The zero-order chi connectivity index (χ0) is 16.7. The zero-order valence-electron chi connectivity index (χ0n) is 13.9. The van der Waals surface area contributed by atoms with Crippen molar-refractivity contribution in [2.75, 3.05) is 12.4 Å². The molecule has 2 rings (SSSR count). The van der Waals surface area contributed by atoms with E-state index in [0.717, 1.165) is 23.4 Å². The highest BCUT2D eigenvalue weighted by Crippen LogP contribution is 2.23. The molecular weight excluding hydrogens is 288 g/mol. The Morgan fingerprint density at radius 3 is 2.26 bits per heavy atom. The molecule has 0 heterocycles. The predicted octanol–water partition coefficient (Wildman–Crippen LogP) is 4.60. The van der Waals surface area contributed by atoms with Gasteiger partial charge in [0, 0.05) is 5.69 Å². The quantitative estimate of drug-likeness (QED) is 0.818. The van der Waals surface area contributed by atoms with Crippen molar-refractivity contribution in [2.45, 2.75) is 26.3 Å². The second-order valence-corrected chi connectivity index (χ2v) is 5.92. The highest BCUT2D eigenvalue weighted by Gasteiger charge is 2.16. The molecular formula is C19H24N2O2. The van der Waals surface area contributed by atoms with Crippen molar-refractivity contribution < 1.29 is 9.53 Å². The second kappa shape index (κ2) is 8.22. The summed E-state index contributed by atoms with van der Waals surface area (Å²) in [5, 5.41) is 5.92. The Morgan fingerprint density at radius 1 is 1.04 bits per heavy atom. The van der Waals surface area contributed by atoms with Crippen LogP contribution in [0.5, 0.6) is 5.75 Å². The van der Waals surface area contributed by atoms with Gasteiger partial charge in [0.25, 0.3) is 0 Å². The van der Waals surface area contributed by atoms with Gasteiger partial charge in [-0.05, 0) is 42.2 Å². The van der Waals surface area contributed by atoms with Crippen molar-refractivity contribution in [3.05, 3.63) is 60.2 Å². The van der Waals surface area contributed by atoms with Gasteiger partial charge in [-0.3, -0.25) is 0 Å². The molecule has 2 aromatic carbocycles. The molecule has 0 saturated heterocycles. The molecule has 2 N–H and O–H groups in total. The summed E-state index contributed by atoms with van der Waals surface area (Å²) >= 11 is 0. The lowest BCUT2D eigenvalue weighted by Crippen LogP contribution is -2.33. The van der Waals surface area contributed by atoms with Crippen LogP contribution in [0.3, 0.4) is 0 Å². The maximum Gasteiger partial charge on any atom is 0.319 e. The number of rotatable bonds is 6. The first kappa shape index (κ1) is 16.9. The summed E-state index contributed by atoms with van der Waals surface area (Å²) in [6.45, 7) is 4.29. The van der Waals surface area contributed by atoms with Crippen LogP contribution in [-0.2, 0) is 0 Å². The molecule has 0 unspecified atom stereocenters. The van der Waals surface area contributed by atoms with Crippen LogP contribution in [0.2, 0.25) is 0 Å². The van der Waals surface area contributed by atoms with E-state index in [0.29, 0.717) is 5.92 Å². The minimum atomic E-state index is -0.197. The van der Waals surface area contributed by atoms with E-state index in [4.69, 9.17) is 4.74 Å². The number of carbonyl (C=O) groups excluding carboxylic acids is 1. The Hall–Kier alpha value is -2.49. The fourth-order valence-electron chi connectivity index (χ4n) is 2.43. The average Bonchev–Trinajstić information content (AvgIpc) is 2.55. The minimum absolute atomic E-state index is 0.0374. The van der Waals surface area contributed by atoms with Crippen LogP contribution in [0.25, 0.3) is 0 Å². The average molecular weight is 312 g/mol. The van der Waals surface area contributed by atoms with Crippen LogP contribution in [-0.4, -0.2) is 13.1 Å². The summed E-state index contributed by atoms with van der Waals surface area (Å²) in [5.74, 6) is 1.28. The van der Waals surface area contributed by atoms with Crippen molar-refractivity contribution >= 4 is 11.7 Å². The fourth-order valence-corrected chi connectivity index (χ4v) is 2.43. The highest BCUT2D eigenvalue weighted by atomic mass is 16.5. The number of benzene rings is 2. The van der Waals surface area contributed by atoms with E-state index >= 15 is 0 Å². The van der Waals surface area contributed by atoms with E-state index in [2.05, 4.69) is 24.5 Å². The van der Waals surface area contributed by atoms with Crippen LogP contribution in [0.4, 0.5) is 10.5 Å². The van der Waals surface area contributed by atoms with Gasteiger partial charge < -0.3 is 15.4 Å². The normalized spacial score (nSPS) is 11.8. The van der Waals surface area contributed by atoms with Gasteiger partial charge in [-0.25, -0.2) is 4.79 Å². The maximum absolute atomic E-state index is 12.3. The number of para-hydroxylation sites is 1. The third-order valence-electron chi connectivity index (χ3n) is 3.56. The van der Waals surface area contributed by atoms with Crippen LogP contribution >= 0.6 is 0 Å². The molecule has 4 heteroatoms. The molecule has 0 fully saturated rings. The standard InChI is InChI=1S/C19H24N2O2/c1-14(2)13-18(15-9-11-17(23-3)12-10-15)21-19(22)20-16-7-5-4-6-8-16/h4-12,14,18H,13H2,1-3H3,(H2,20,21,22)/t18-/m0/s1. The van der Waals surface area contributed by atoms with E-state index in [9.17, 15) is 4.79 Å². The Bertz CT molecular complexity index is 609.